The summed E-state index contributed by atoms with van der Waals surface area (Å²) in [4.78, 5) is 27.5. The van der Waals surface area contributed by atoms with Gasteiger partial charge in [-0.05, 0) is 0 Å². The summed E-state index contributed by atoms with van der Waals surface area (Å²) < 4.78 is 9.51. The van der Waals surface area contributed by atoms with Gasteiger partial charge in [0, 0.05) is 14.2 Å². The van der Waals surface area contributed by atoms with Gasteiger partial charge in [0.15, 0.2) is 24.9 Å². The highest BCUT2D eigenvalue weighted by Crippen LogP contribution is 2.25. The zero-order chi connectivity index (χ0) is 17.3. The van der Waals surface area contributed by atoms with Crippen molar-refractivity contribution >= 4 is 12.1 Å². The Hall–Kier alpha value is -1.70. The number of aliphatic hydroxyl groups is 4. The quantitative estimate of drug-likeness (QED) is 0.399. The molecule has 2 fully saturated rings. The minimum atomic E-state index is -1.62. The summed E-state index contributed by atoms with van der Waals surface area (Å²) >= 11 is 0. The second-order valence-electron chi connectivity index (χ2n) is 5.08. The number of rotatable bonds is 6. The van der Waals surface area contributed by atoms with Crippen molar-refractivity contribution < 1.29 is 39.5 Å². The summed E-state index contributed by atoms with van der Waals surface area (Å²) in [7, 11) is 2.61. The normalized spacial score (nSPS) is 31.7. The molecule has 4 N–H and O–H groups in total. The van der Waals surface area contributed by atoms with Crippen molar-refractivity contribution in [1.29, 1.82) is 0 Å². The van der Waals surface area contributed by atoms with E-state index in [1.54, 1.807) is 0 Å². The Kier molecular flexibility index (Phi) is 5.23. The highest BCUT2D eigenvalue weighted by molar-refractivity contribution is 5.80. The fourth-order valence-corrected chi connectivity index (χ4v) is 2.42. The lowest BCUT2D eigenvalue weighted by Gasteiger charge is -2.27. The number of aliphatic hydroxyl groups excluding tert-OH is 4. The van der Waals surface area contributed by atoms with E-state index in [-0.39, 0.29) is 13.5 Å². The van der Waals surface area contributed by atoms with Gasteiger partial charge >= 0.3 is 12.1 Å². The SMILES string of the molecule is COCN1C(=O)N(CN2C(=O)N(COC)C(O)C2O)C(O)C1O. The monoisotopic (exact) mass is 336 g/mol. The van der Waals surface area contributed by atoms with Crippen molar-refractivity contribution in [2.45, 2.75) is 24.9 Å². The second kappa shape index (κ2) is 6.82. The maximum Gasteiger partial charge on any atom is 0.327 e. The molecule has 0 spiro atoms. The summed E-state index contributed by atoms with van der Waals surface area (Å²) in [6, 6.07) is -1.57. The van der Waals surface area contributed by atoms with Crippen LogP contribution in [0.1, 0.15) is 0 Å². The standard InChI is InChI=1S/C11H20N4O8/c1-22-4-14-8(18)6(16)12(10(14)20)3-13-7(17)9(19)15(5-23-2)11(13)21/h6-9,16-19H,3-5H2,1-2H3. The first-order chi connectivity index (χ1) is 10.8. The first kappa shape index (κ1) is 17.7. The topological polar surface area (TPSA) is 146 Å². The second-order valence-corrected chi connectivity index (χ2v) is 5.08. The van der Waals surface area contributed by atoms with E-state index in [4.69, 9.17) is 9.47 Å². The van der Waals surface area contributed by atoms with Gasteiger partial charge in [-0.1, -0.05) is 0 Å². The third kappa shape index (κ3) is 2.91. The molecule has 4 unspecified atom stereocenters. The minimum Gasteiger partial charge on any atom is -0.369 e. The minimum absolute atomic E-state index is 0.261. The Morgan fingerprint density at radius 2 is 1.04 bits per heavy atom. The molecule has 4 atom stereocenters. The zero-order valence-electron chi connectivity index (χ0n) is 12.6. The summed E-state index contributed by atoms with van der Waals surface area (Å²) in [5, 5.41) is 39.5. The van der Waals surface area contributed by atoms with Crippen molar-refractivity contribution in [2.75, 3.05) is 34.3 Å². The van der Waals surface area contributed by atoms with Crippen LogP contribution in [-0.4, -0.2) is 111 Å². The fraction of sp³-hybridized carbons (Fsp3) is 0.818. The van der Waals surface area contributed by atoms with E-state index in [2.05, 4.69) is 0 Å². The molecule has 2 saturated heterocycles. The predicted molar refractivity (Wildman–Crippen MR) is 70.8 cm³/mol. The lowest BCUT2D eigenvalue weighted by Crippen LogP contribution is -2.48. The van der Waals surface area contributed by atoms with Crippen LogP contribution in [0.2, 0.25) is 0 Å². The van der Waals surface area contributed by atoms with Crippen LogP contribution in [0.3, 0.4) is 0 Å². The molecule has 0 bridgehead atoms. The van der Waals surface area contributed by atoms with E-state index >= 15 is 0 Å². The number of hydrogen-bond donors (Lipinski definition) is 4. The summed E-state index contributed by atoms with van der Waals surface area (Å²) in [6.45, 7) is -1.06. The smallest absolute Gasteiger partial charge is 0.327 e. The molecular formula is C11H20N4O8. The Morgan fingerprint density at radius 3 is 1.35 bits per heavy atom. The number of carbonyl (C=O) groups is 2. The first-order valence-corrected chi connectivity index (χ1v) is 6.69. The van der Waals surface area contributed by atoms with Gasteiger partial charge in [-0.2, -0.15) is 0 Å². The summed E-state index contributed by atoms with van der Waals surface area (Å²) in [6.07, 6.45) is -6.33. The van der Waals surface area contributed by atoms with Crippen LogP contribution in [0.25, 0.3) is 0 Å². The maximum atomic E-state index is 12.1. The van der Waals surface area contributed by atoms with Crippen LogP contribution in [-0.2, 0) is 9.47 Å². The molecule has 2 rings (SSSR count). The lowest BCUT2D eigenvalue weighted by molar-refractivity contribution is -0.110. The number of urea groups is 2. The number of carbonyl (C=O) groups excluding carboxylic acids is 2. The average molecular weight is 336 g/mol. The van der Waals surface area contributed by atoms with Crippen LogP contribution in [0.4, 0.5) is 9.59 Å². The van der Waals surface area contributed by atoms with Gasteiger partial charge < -0.3 is 29.9 Å². The molecule has 0 aromatic rings. The molecule has 12 heteroatoms. The van der Waals surface area contributed by atoms with E-state index in [0.717, 1.165) is 19.6 Å². The Balaban J connectivity index is 2.12. The zero-order valence-corrected chi connectivity index (χ0v) is 12.6. The largest absolute Gasteiger partial charge is 0.369 e. The van der Waals surface area contributed by atoms with Gasteiger partial charge in [-0.25, -0.2) is 9.59 Å². The number of ether oxygens (including phenoxy) is 2. The molecule has 0 radical (unpaired) electrons. The average Bonchev–Trinajstić information content (AvgIpc) is 2.84. The third-order valence-electron chi connectivity index (χ3n) is 3.63. The molecule has 2 aliphatic heterocycles. The number of methoxy groups -OCH3 is 2. The van der Waals surface area contributed by atoms with E-state index < -0.39 is 43.6 Å². The first-order valence-electron chi connectivity index (χ1n) is 6.69. The van der Waals surface area contributed by atoms with Crippen LogP contribution < -0.4 is 0 Å². The molecule has 0 saturated carbocycles. The van der Waals surface area contributed by atoms with Gasteiger partial charge in [-0.15, -0.1) is 0 Å². The van der Waals surface area contributed by atoms with Crippen LogP contribution in [0.5, 0.6) is 0 Å². The Bertz CT molecular complexity index is 425. The lowest BCUT2D eigenvalue weighted by atomic mass is 10.4. The third-order valence-corrected chi connectivity index (χ3v) is 3.63. The Morgan fingerprint density at radius 1 is 0.739 bits per heavy atom. The molecule has 2 aliphatic rings. The molecule has 4 amide bonds. The highest BCUT2D eigenvalue weighted by atomic mass is 16.5. The van der Waals surface area contributed by atoms with Crippen molar-refractivity contribution in [3.63, 3.8) is 0 Å². The molecule has 23 heavy (non-hydrogen) atoms. The van der Waals surface area contributed by atoms with E-state index in [1.165, 1.54) is 14.2 Å². The molecule has 0 aliphatic carbocycles. The van der Waals surface area contributed by atoms with E-state index in [0.29, 0.717) is 0 Å². The molecule has 2 heterocycles. The van der Waals surface area contributed by atoms with Gasteiger partial charge in [0.25, 0.3) is 0 Å². The van der Waals surface area contributed by atoms with Gasteiger partial charge in [-0.3, -0.25) is 19.6 Å². The number of hydrogen-bond acceptors (Lipinski definition) is 8. The molecule has 0 aromatic heterocycles. The van der Waals surface area contributed by atoms with Crippen molar-refractivity contribution in [3.8, 4) is 0 Å². The molecule has 12 nitrogen and oxygen atoms in total. The van der Waals surface area contributed by atoms with Gasteiger partial charge in [0.05, 0.1) is 0 Å². The predicted octanol–water partition coefficient (Wildman–Crippen LogP) is -3.10. The van der Waals surface area contributed by atoms with Crippen molar-refractivity contribution in [3.05, 3.63) is 0 Å². The number of nitrogens with zero attached hydrogens (tertiary/aromatic N) is 4. The van der Waals surface area contributed by atoms with Crippen LogP contribution in [0.15, 0.2) is 0 Å². The van der Waals surface area contributed by atoms with E-state index in [9.17, 15) is 30.0 Å². The maximum absolute atomic E-state index is 12.1. The van der Waals surface area contributed by atoms with E-state index in [1.807, 2.05) is 0 Å². The molecule has 132 valence electrons. The molecule has 0 aromatic carbocycles. The molecular weight excluding hydrogens is 316 g/mol. The fourth-order valence-electron chi connectivity index (χ4n) is 2.42. The van der Waals surface area contributed by atoms with Gasteiger partial charge in [0.2, 0.25) is 0 Å². The summed E-state index contributed by atoms with van der Waals surface area (Å²) in [5.74, 6) is 0. The van der Waals surface area contributed by atoms with Crippen molar-refractivity contribution in [1.82, 2.24) is 19.6 Å². The summed E-state index contributed by atoms with van der Waals surface area (Å²) in [5.41, 5.74) is 0. The van der Waals surface area contributed by atoms with Crippen LogP contribution in [0, 0.1) is 0 Å². The van der Waals surface area contributed by atoms with Crippen LogP contribution >= 0.6 is 0 Å². The van der Waals surface area contributed by atoms with Gasteiger partial charge in [0.1, 0.15) is 20.1 Å². The number of amides is 4. The highest BCUT2D eigenvalue weighted by Gasteiger charge is 2.50. The van der Waals surface area contributed by atoms with Crippen molar-refractivity contribution in [2.24, 2.45) is 0 Å². The Labute approximate surface area is 131 Å².